The first-order valence-corrected chi connectivity index (χ1v) is 18.5. The lowest BCUT2D eigenvalue weighted by molar-refractivity contribution is -0.114. The lowest BCUT2D eigenvalue weighted by Gasteiger charge is -2.18. The third-order valence-corrected chi connectivity index (χ3v) is 10.4. The Morgan fingerprint density at radius 3 is 2.35 bits per heavy atom. The van der Waals surface area contributed by atoms with Gasteiger partial charge in [-0.3, -0.25) is 14.4 Å². The van der Waals surface area contributed by atoms with E-state index >= 15 is 0 Å². The van der Waals surface area contributed by atoms with Crippen molar-refractivity contribution in [2.24, 2.45) is 5.92 Å². The summed E-state index contributed by atoms with van der Waals surface area (Å²) in [6.45, 7) is 4.19. The van der Waals surface area contributed by atoms with Crippen LogP contribution in [0.2, 0.25) is 0 Å². The number of rotatable bonds is 14. The third-order valence-electron chi connectivity index (χ3n) is 8.27. The summed E-state index contributed by atoms with van der Waals surface area (Å²) >= 11 is 2.72. The monoisotopic (exact) mass is 743 g/mol. The molecule has 272 valence electrons. The molecule has 3 amide bonds. The second-order valence-corrected chi connectivity index (χ2v) is 14.1. The Bertz CT molecular complexity index is 1980. The van der Waals surface area contributed by atoms with E-state index in [4.69, 9.17) is 18.9 Å². The Balaban J connectivity index is 1.33. The van der Waals surface area contributed by atoms with Gasteiger partial charge in [-0.05, 0) is 80.1 Å². The molecule has 0 saturated carbocycles. The third kappa shape index (κ3) is 9.33. The van der Waals surface area contributed by atoms with Crippen LogP contribution < -0.4 is 30.2 Å². The molecule has 0 aliphatic heterocycles. The maximum Gasteiger partial charge on any atom is 0.341 e. The van der Waals surface area contributed by atoms with Gasteiger partial charge in [0.05, 0.1) is 39.3 Å². The van der Waals surface area contributed by atoms with E-state index in [9.17, 15) is 19.2 Å². The van der Waals surface area contributed by atoms with Gasteiger partial charge in [0.1, 0.15) is 16.4 Å². The number of nitrogens with one attached hydrogen (secondary N) is 3. The maximum atomic E-state index is 13.8. The van der Waals surface area contributed by atoms with Crippen LogP contribution >= 0.6 is 23.1 Å². The topological polar surface area (TPSA) is 141 Å². The van der Waals surface area contributed by atoms with Gasteiger partial charge in [-0.25, -0.2) is 4.79 Å². The molecule has 5 rings (SSSR count). The normalized spacial score (nSPS) is 13.7. The zero-order valence-electron chi connectivity index (χ0n) is 29.6. The van der Waals surface area contributed by atoms with Crippen LogP contribution in [-0.4, -0.2) is 57.4 Å². The fourth-order valence-electron chi connectivity index (χ4n) is 5.70. The SMILES string of the molecule is CCOC(=O)c1c(NC(=O)CSc2cccc(NC(=O)/C(=C\c3cc(OC)c(OC)cc3OC)NC(=O)c3ccccc3)c2)sc2c1CCC(C)C2. The fraction of sp³-hybridized carbons (Fsp3) is 0.282. The summed E-state index contributed by atoms with van der Waals surface area (Å²) in [5, 5.41) is 9.05. The molecule has 3 aromatic carbocycles. The number of ether oxygens (including phenoxy) is 4. The molecular weight excluding hydrogens is 703 g/mol. The molecular formula is C39H41N3O8S2. The van der Waals surface area contributed by atoms with E-state index in [1.54, 1.807) is 67.6 Å². The van der Waals surface area contributed by atoms with Gasteiger partial charge in [0.15, 0.2) is 11.5 Å². The number of hydrogen-bond acceptors (Lipinski definition) is 10. The van der Waals surface area contributed by atoms with Crippen molar-refractivity contribution in [3.05, 3.63) is 99.6 Å². The minimum atomic E-state index is -0.594. The smallest absolute Gasteiger partial charge is 0.341 e. The molecule has 4 aromatic rings. The van der Waals surface area contributed by atoms with Crippen LogP contribution in [0.5, 0.6) is 17.2 Å². The van der Waals surface area contributed by atoms with E-state index in [0.717, 1.165) is 34.6 Å². The highest BCUT2D eigenvalue weighted by Gasteiger charge is 2.29. The number of benzene rings is 3. The zero-order chi connectivity index (χ0) is 37.2. The van der Waals surface area contributed by atoms with Crippen LogP contribution in [-0.2, 0) is 27.2 Å². The molecule has 0 saturated heterocycles. The second kappa shape index (κ2) is 17.8. The van der Waals surface area contributed by atoms with Crippen LogP contribution in [0.25, 0.3) is 6.08 Å². The number of fused-ring (bicyclic) bond motifs is 1. The van der Waals surface area contributed by atoms with Crippen LogP contribution in [0.4, 0.5) is 10.7 Å². The molecule has 11 nitrogen and oxygen atoms in total. The number of esters is 1. The summed E-state index contributed by atoms with van der Waals surface area (Å²) in [7, 11) is 4.48. The van der Waals surface area contributed by atoms with Gasteiger partial charge in [-0.2, -0.15) is 0 Å². The van der Waals surface area contributed by atoms with E-state index in [0.29, 0.717) is 50.5 Å². The molecule has 0 fully saturated rings. The van der Waals surface area contributed by atoms with E-state index in [-0.39, 0.29) is 24.0 Å². The summed E-state index contributed by atoms with van der Waals surface area (Å²) < 4.78 is 21.7. The number of anilines is 2. The van der Waals surface area contributed by atoms with Crippen LogP contribution in [0, 0.1) is 5.92 Å². The van der Waals surface area contributed by atoms with Crippen molar-refractivity contribution in [2.45, 2.75) is 38.0 Å². The highest BCUT2D eigenvalue weighted by molar-refractivity contribution is 8.00. The van der Waals surface area contributed by atoms with E-state index < -0.39 is 17.8 Å². The largest absolute Gasteiger partial charge is 0.496 e. The number of carbonyl (C=O) groups is 4. The molecule has 0 bridgehead atoms. The molecule has 1 atom stereocenters. The number of methoxy groups -OCH3 is 3. The molecule has 3 N–H and O–H groups in total. The average Bonchev–Trinajstić information content (AvgIpc) is 3.50. The first kappa shape index (κ1) is 38.0. The minimum Gasteiger partial charge on any atom is -0.496 e. The quantitative estimate of drug-likeness (QED) is 0.0694. The number of amides is 3. The van der Waals surface area contributed by atoms with Crippen molar-refractivity contribution in [2.75, 3.05) is 44.3 Å². The van der Waals surface area contributed by atoms with Crippen molar-refractivity contribution >= 4 is 63.6 Å². The molecule has 0 spiro atoms. The van der Waals surface area contributed by atoms with E-state index in [2.05, 4.69) is 22.9 Å². The Morgan fingerprint density at radius 2 is 1.63 bits per heavy atom. The van der Waals surface area contributed by atoms with Gasteiger partial charge in [-0.1, -0.05) is 31.2 Å². The molecule has 1 aliphatic rings. The summed E-state index contributed by atoms with van der Waals surface area (Å²) in [4.78, 5) is 54.9. The molecule has 1 unspecified atom stereocenters. The lowest BCUT2D eigenvalue weighted by Crippen LogP contribution is -2.30. The molecule has 52 heavy (non-hydrogen) atoms. The van der Waals surface area contributed by atoms with Crippen LogP contribution in [0.3, 0.4) is 0 Å². The van der Waals surface area contributed by atoms with Crippen molar-refractivity contribution in [3.63, 3.8) is 0 Å². The van der Waals surface area contributed by atoms with Gasteiger partial charge >= 0.3 is 5.97 Å². The Morgan fingerprint density at radius 1 is 0.904 bits per heavy atom. The molecule has 1 heterocycles. The van der Waals surface area contributed by atoms with Gasteiger partial charge in [-0.15, -0.1) is 23.1 Å². The number of hydrogen-bond donors (Lipinski definition) is 3. The summed E-state index contributed by atoms with van der Waals surface area (Å²) in [5.41, 5.74) is 2.66. The fourth-order valence-corrected chi connectivity index (χ4v) is 7.87. The van der Waals surface area contributed by atoms with Gasteiger partial charge in [0.2, 0.25) is 5.91 Å². The molecule has 13 heteroatoms. The Hall–Kier alpha value is -5.27. The Labute approximate surface area is 311 Å². The van der Waals surface area contributed by atoms with Crippen LogP contribution in [0.1, 0.15) is 57.0 Å². The summed E-state index contributed by atoms with van der Waals surface area (Å²) in [5.74, 6) is 0.0375. The Kier molecular flexibility index (Phi) is 13.0. The van der Waals surface area contributed by atoms with Crippen molar-refractivity contribution < 1.29 is 38.1 Å². The highest BCUT2D eigenvalue weighted by Crippen LogP contribution is 2.40. The first-order chi connectivity index (χ1) is 25.1. The predicted molar refractivity (Wildman–Crippen MR) is 204 cm³/mol. The predicted octanol–water partition coefficient (Wildman–Crippen LogP) is 7.22. The highest BCUT2D eigenvalue weighted by atomic mass is 32.2. The molecule has 1 aromatic heterocycles. The first-order valence-electron chi connectivity index (χ1n) is 16.7. The zero-order valence-corrected chi connectivity index (χ0v) is 31.3. The average molecular weight is 744 g/mol. The van der Waals surface area contributed by atoms with Crippen molar-refractivity contribution in [1.29, 1.82) is 0 Å². The summed E-state index contributed by atoms with van der Waals surface area (Å²) in [6.07, 6.45) is 4.12. The molecule has 0 radical (unpaired) electrons. The maximum absolute atomic E-state index is 13.8. The van der Waals surface area contributed by atoms with E-state index in [1.807, 2.05) is 6.07 Å². The lowest BCUT2D eigenvalue weighted by atomic mass is 9.88. The number of thioether (sulfide) groups is 1. The van der Waals surface area contributed by atoms with Crippen molar-refractivity contribution in [3.8, 4) is 17.2 Å². The van der Waals surface area contributed by atoms with Crippen molar-refractivity contribution in [1.82, 2.24) is 5.32 Å². The van der Waals surface area contributed by atoms with Gasteiger partial charge in [0.25, 0.3) is 11.8 Å². The standard InChI is InChI=1S/C39H41N3O8S2/c1-6-50-39(46)35-28-16-15-23(2)17-33(28)52-38(35)42-34(43)22-51-27-14-10-13-26(20-27)40-37(45)29(41-36(44)24-11-8-7-9-12-24)18-25-19-31(48-4)32(49-5)21-30(25)47-3/h7-14,18-21,23H,6,15-17,22H2,1-5H3,(H,40,45)(H,41,44)(H,42,43)/b29-18+. The van der Waals surface area contributed by atoms with Crippen LogP contribution in [0.15, 0.2) is 77.3 Å². The number of thiophene rings is 1. The van der Waals surface area contributed by atoms with Gasteiger partial charge < -0.3 is 34.9 Å². The molecule has 1 aliphatic carbocycles. The van der Waals surface area contributed by atoms with E-state index in [1.165, 1.54) is 50.5 Å². The number of carbonyl (C=O) groups excluding carboxylic acids is 4. The second-order valence-electron chi connectivity index (χ2n) is 11.9. The minimum absolute atomic E-state index is 0.0535. The van der Waals surface area contributed by atoms with Gasteiger partial charge in [0, 0.05) is 32.7 Å². The summed E-state index contributed by atoms with van der Waals surface area (Å²) in [6, 6.07) is 18.8.